The van der Waals surface area contributed by atoms with Crippen molar-refractivity contribution < 1.29 is 0 Å². The van der Waals surface area contributed by atoms with Crippen LogP contribution in [0.5, 0.6) is 0 Å². The van der Waals surface area contributed by atoms with E-state index in [9.17, 15) is 0 Å². The van der Waals surface area contributed by atoms with Crippen LogP contribution >= 0.6 is 0 Å². The van der Waals surface area contributed by atoms with Gasteiger partial charge in [0.25, 0.3) is 0 Å². The van der Waals surface area contributed by atoms with Gasteiger partial charge in [-0.15, -0.1) is 0 Å². The Morgan fingerprint density at radius 3 is 2.61 bits per heavy atom. The SMILES string of the molecule is CCc1cc(CC(NC)c2ccnn2C)n(C)n1. The van der Waals surface area contributed by atoms with E-state index < -0.39 is 0 Å². The van der Waals surface area contributed by atoms with Gasteiger partial charge < -0.3 is 5.32 Å². The van der Waals surface area contributed by atoms with Crippen LogP contribution in [0.1, 0.15) is 30.0 Å². The van der Waals surface area contributed by atoms with E-state index in [0.717, 1.165) is 18.5 Å². The van der Waals surface area contributed by atoms with Gasteiger partial charge in [-0.05, 0) is 25.6 Å². The summed E-state index contributed by atoms with van der Waals surface area (Å²) in [4.78, 5) is 0. The maximum Gasteiger partial charge on any atom is 0.0624 e. The van der Waals surface area contributed by atoms with E-state index in [1.165, 1.54) is 11.4 Å². The Balaban J connectivity index is 2.20. The van der Waals surface area contributed by atoms with Gasteiger partial charge in [-0.2, -0.15) is 10.2 Å². The molecule has 1 unspecified atom stereocenters. The van der Waals surface area contributed by atoms with Gasteiger partial charge in [0.1, 0.15) is 0 Å². The Hall–Kier alpha value is -1.62. The van der Waals surface area contributed by atoms with Crippen molar-refractivity contribution in [2.45, 2.75) is 25.8 Å². The summed E-state index contributed by atoms with van der Waals surface area (Å²) in [6, 6.07) is 4.50. The van der Waals surface area contributed by atoms with Crippen molar-refractivity contribution in [2.24, 2.45) is 14.1 Å². The molecule has 0 aromatic carbocycles. The van der Waals surface area contributed by atoms with Crippen molar-refractivity contribution in [2.75, 3.05) is 7.05 Å². The Morgan fingerprint density at radius 2 is 2.11 bits per heavy atom. The topological polar surface area (TPSA) is 47.7 Å². The fourth-order valence-corrected chi connectivity index (χ4v) is 2.22. The first kappa shape index (κ1) is 12.8. The molecule has 2 rings (SSSR count). The summed E-state index contributed by atoms with van der Waals surface area (Å²) in [5, 5.41) is 12.1. The molecule has 0 bridgehead atoms. The van der Waals surface area contributed by atoms with Gasteiger partial charge in [0.05, 0.1) is 17.4 Å². The fourth-order valence-electron chi connectivity index (χ4n) is 2.22. The number of hydrogen-bond acceptors (Lipinski definition) is 3. The number of aromatic nitrogens is 4. The second-order valence-electron chi connectivity index (χ2n) is 4.53. The lowest BCUT2D eigenvalue weighted by molar-refractivity contribution is 0.519. The molecule has 0 aliphatic rings. The van der Waals surface area contributed by atoms with E-state index in [-0.39, 0.29) is 6.04 Å². The monoisotopic (exact) mass is 247 g/mol. The number of nitrogens with zero attached hydrogens (tertiary/aromatic N) is 4. The van der Waals surface area contributed by atoms with Gasteiger partial charge >= 0.3 is 0 Å². The minimum atomic E-state index is 0.262. The van der Waals surface area contributed by atoms with Crippen LogP contribution in [0, 0.1) is 0 Å². The van der Waals surface area contributed by atoms with E-state index >= 15 is 0 Å². The van der Waals surface area contributed by atoms with Crippen LogP contribution in [-0.4, -0.2) is 26.6 Å². The number of hydrogen-bond donors (Lipinski definition) is 1. The molecule has 0 radical (unpaired) electrons. The van der Waals surface area contributed by atoms with Gasteiger partial charge in [0.2, 0.25) is 0 Å². The summed E-state index contributed by atoms with van der Waals surface area (Å²) in [5.41, 5.74) is 3.58. The van der Waals surface area contributed by atoms with E-state index in [1.54, 1.807) is 0 Å². The number of aryl methyl sites for hydroxylation is 3. The molecule has 0 fully saturated rings. The van der Waals surface area contributed by atoms with Crippen molar-refractivity contribution in [3.8, 4) is 0 Å². The molecule has 2 heterocycles. The molecular formula is C13H21N5. The Morgan fingerprint density at radius 1 is 1.33 bits per heavy atom. The molecule has 1 N–H and O–H groups in total. The third kappa shape index (κ3) is 2.46. The van der Waals surface area contributed by atoms with Crippen LogP contribution < -0.4 is 5.32 Å². The Labute approximate surface area is 108 Å². The van der Waals surface area contributed by atoms with Gasteiger partial charge in [-0.25, -0.2) is 0 Å². The highest BCUT2D eigenvalue weighted by atomic mass is 15.3. The average Bonchev–Trinajstić information content (AvgIpc) is 2.93. The average molecular weight is 247 g/mol. The van der Waals surface area contributed by atoms with Crippen molar-refractivity contribution in [1.29, 1.82) is 0 Å². The Bertz CT molecular complexity index is 511. The minimum Gasteiger partial charge on any atom is -0.311 e. The molecule has 0 amide bonds. The largest absolute Gasteiger partial charge is 0.311 e. The highest BCUT2D eigenvalue weighted by molar-refractivity contribution is 5.15. The number of nitrogens with one attached hydrogen (secondary N) is 1. The normalized spacial score (nSPS) is 12.9. The number of rotatable bonds is 5. The van der Waals surface area contributed by atoms with Crippen LogP contribution in [0.3, 0.4) is 0 Å². The molecule has 0 aliphatic heterocycles. The molecular weight excluding hydrogens is 226 g/mol. The predicted molar refractivity (Wildman–Crippen MR) is 71.3 cm³/mol. The van der Waals surface area contributed by atoms with Gasteiger partial charge in [0, 0.05) is 32.4 Å². The third-order valence-electron chi connectivity index (χ3n) is 3.37. The van der Waals surface area contributed by atoms with E-state index in [2.05, 4.69) is 34.6 Å². The first-order valence-electron chi connectivity index (χ1n) is 6.32. The first-order chi connectivity index (χ1) is 8.65. The molecule has 5 nitrogen and oxygen atoms in total. The summed E-state index contributed by atoms with van der Waals surface area (Å²) in [5.74, 6) is 0. The van der Waals surface area contributed by atoms with Crippen LogP contribution in [0.25, 0.3) is 0 Å². The predicted octanol–water partition coefficient (Wildman–Crippen LogP) is 1.22. The van der Waals surface area contributed by atoms with Crippen molar-refractivity contribution in [3.05, 3.63) is 35.4 Å². The zero-order valence-electron chi connectivity index (χ0n) is 11.5. The number of likely N-dealkylation sites (N-methyl/N-ethyl adjacent to an activating group) is 1. The molecule has 0 saturated heterocycles. The third-order valence-corrected chi connectivity index (χ3v) is 3.37. The van der Waals surface area contributed by atoms with Crippen LogP contribution in [0.4, 0.5) is 0 Å². The molecule has 2 aromatic heterocycles. The maximum atomic E-state index is 4.49. The van der Waals surface area contributed by atoms with Crippen molar-refractivity contribution in [3.63, 3.8) is 0 Å². The zero-order chi connectivity index (χ0) is 13.1. The van der Waals surface area contributed by atoms with Crippen LogP contribution in [-0.2, 0) is 26.9 Å². The standard InChI is InChI=1S/C13H21N5/c1-5-10-8-11(17(3)16-10)9-12(14-2)13-6-7-15-18(13)4/h6-8,12,14H,5,9H2,1-4H3. The minimum absolute atomic E-state index is 0.262. The second-order valence-corrected chi connectivity index (χ2v) is 4.53. The van der Waals surface area contributed by atoms with E-state index in [1.807, 2.05) is 36.7 Å². The van der Waals surface area contributed by atoms with Crippen LogP contribution in [0.2, 0.25) is 0 Å². The summed E-state index contributed by atoms with van der Waals surface area (Å²) in [6.07, 6.45) is 3.73. The van der Waals surface area contributed by atoms with Crippen molar-refractivity contribution in [1.82, 2.24) is 24.9 Å². The Kier molecular flexibility index (Phi) is 3.81. The van der Waals surface area contributed by atoms with Gasteiger partial charge in [0.15, 0.2) is 0 Å². The van der Waals surface area contributed by atoms with E-state index in [0.29, 0.717) is 0 Å². The summed E-state index contributed by atoms with van der Waals surface area (Å²) < 4.78 is 3.89. The maximum absolute atomic E-state index is 4.49. The molecule has 98 valence electrons. The molecule has 18 heavy (non-hydrogen) atoms. The smallest absolute Gasteiger partial charge is 0.0624 e. The second kappa shape index (κ2) is 5.35. The van der Waals surface area contributed by atoms with Crippen LogP contribution in [0.15, 0.2) is 18.3 Å². The molecule has 5 heteroatoms. The molecule has 0 aliphatic carbocycles. The molecule has 0 spiro atoms. The molecule has 2 aromatic rings. The lowest BCUT2D eigenvalue weighted by Crippen LogP contribution is -2.22. The highest BCUT2D eigenvalue weighted by Crippen LogP contribution is 2.17. The quantitative estimate of drug-likeness (QED) is 0.864. The molecule has 0 saturated carbocycles. The lowest BCUT2D eigenvalue weighted by Gasteiger charge is -2.16. The lowest BCUT2D eigenvalue weighted by atomic mass is 10.1. The highest BCUT2D eigenvalue weighted by Gasteiger charge is 2.16. The molecule has 1 atom stereocenters. The van der Waals surface area contributed by atoms with Gasteiger partial charge in [-0.3, -0.25) is 9.36 Å². The van der Waals surface area contributed by atoms with Crippen molar-refractivity contribution >= 4 is 0 Å². The first-order valence-corrected chi connectivity index (χ1v) is 6.32. The summed E-state index contributed by atoms with van der Waals surface area (Å²) in [7, 11) is 5.96. The fraction of sp³-hybridized carbons (Fsp3) is 0.538. The summed E-state index contributed by atoms with van der Waals surface area (Å²) in [6.45, 7) is 2.13. The zero-order valence-corrected chi connectivity index (χ0v) is 11.5. The van der Waals surface area contributed by atoms with E-state index in [4.69, 9.17) is 0 Å². The van der Waals surface area contributed by atoms with Gasteiger partial charge in [-0.1, -0.05) is 6.92 Å². The summed E-state index contributed by atoms with van der Waals surface area (Å²) >= 11 is 0.